The summed E-state index contributed by atoms with van der Waals surface area (Å²) in [6, 6.07) is 11.2. The minimum atomic E-state index is 0.356. The van der Waals surface area contributed by atoms with Crippen molar-refractivity contribution in [1.29, 1.82) is 5.26 Å². The minimum absolute atomic E-state index is 0.356. The van der Waals surface area contributed by atoms with Gasteiger partial charge in [0.15, 0.2) is 0 Å². The highest BCUT2D eigenvalue weighted by atomic mass is 35.5. The maximum atomic E-state index is 9.19. The maximum absolute atomic E-state index is 9.19. The van der Waals surface area contributed by atoms with Crippen LogP contribution in [0.4, 0.5) is 0 Å². The Labute approximate surface area is 116 Å². The van der Waals surface area contributed by atoms with Gasteiger partial charge in [0.2, 0.25) is 0 Å². The number of pyridine rings is 1. The van der Waals surface area contributed by atoms with Gasteiger partial charge in [-0.05, 0) is 30.7 Å². The van der Waals surface area contributed by atoms with Crippen LogP contribution in [0.3, 0.4) is 0 Å². The lowest BCUT2D eigenvalue weighted by atomic mass is 10.0. The third-order valence-electron chi connectivity index (χ3n) is 2.70. The molecular weight excluding hydrogens is 267 g/mol. The minimum Gasteiger partial charge on any atom is -0.251 e. The summed E-state index contributed by atoms with van der Waals surface area (Å²) >= 11 is 11.7. The Morgan fingerprint density at radius 3 is 2.50 bits per heavy atom. The van der Waals surface area contributed by atoms with Crippen LogP contribution in [0.2, 0.25) is 5.02 Å². The fourth-order valence-electron chi connectivity index (χ4n) is 1.70. The number of hydrogen-bond acceptors (Lipinski definition) is 2. The molecule has 0 atom stereocenters. The van der Waals surface area contributed by atoms with Gasteiger partial charge in [0.25, 0.3) is 0 Å². The molecule has 18 heavy (non-hydrogen) atoms. The zero-order chi connectivity index (χ0) is 13.1. The smallest absolute Gasteiger partial charge is 0.101 e. The molecule has 2 nitrogen and oxygen atoms in total. The molecule has 1 heterocycles. The zero-order valence-electron chi connectivity index (χ0n) is 9.74. The van der Waals surface area contributed by atoms with Crippen molar-refractivity contribution >= 4 is 23.2 Å². The first kappa shape index (κ1) is 12.9. The van der Waals surface area contributed by atoms with Crippen molar-refractivity contribution in [1.82, 2.24) is 4.98 Å². The summed E-state index contributed by atoms with van der Waals surface area (Å²) < 4.78 is 0. The number of aromatic nitrogens is 1. The Hall–Kier alpha value is -1.56. The number of nitrogens with zero attached hydrogens (tertiary/aromatic N) is 2. The van der Waals surface area contributed by atoms with Gasteiger partial charge in [-0.1, -0.05) is 23.7 Å². The van der Waals surface area contributed by atoms with Crippen molar-refractivity contribution in [3.8, 4) is 17.3 Å². The largest absolute Gasteiger partial charge is 0.251 e. The van der Waals surface area contributed by atoms with Gasteiger partial charge in [-0.25, -0.2) is 0 Å². The Kier molecular flexibility index (Phi) is 3.86. The van der Waals surface area contributed by atoms with E-state index in [-0.39, 0.29) is 0 Å². The molecule has 0 unspecified atom stereocenters. The second kappa shape index (κ2) is 5.39. The zero-order valence-corrected chi connectivity index (χ0v) is 11.3. The lowest BCUT2D eigenvalue weighted by Crippen LogP contribution is -1.97. The van der Waals surface area contributed by atoms with Gasteiger partial charge >= 0.3 is 0 Å². The summed E-state index contributed by atoms with van der Waals surface area (Å²) in [4.78, 5) is 4.46. The Bertz CT molecular complexity index is 613. The summed E-state index contributed by atoms with van der Waals surface area (Å²) in [7, 11) is 0. The summed E-state index contributed by atoms with van der Waals surface area (Å²) in [5.41, 5.74) is 3.79. The predicted molar refractivity (Wildman–Crippen MR) is 73.7 cm³/mol. The molecule has 0 amide bonds. The fourth-order valence-corrected chi connectivity index (χ4v) is 2.09. The number of rotatable bonds is 2. The number of hydrogen-bond donors (Lipinski definition) is 0. The molecule has 0 bridgehead atoms. The van der Waals surface area contributed by atoms with Crippen molar-refractivity contribution < 1.29 is 0 Å². The Morgan fingerprint density at radius 2 is 1.94 bits per heavy atom. The van der Waals surface area contributed by atoms with Crippen LogP contribution in [0.25, 0.3) is 11.3 Å². The molecule has 1 aromatic heterocycles. The maximum Gasteiger partial charge on any atom is 0.101 e. The van der Waals surface area contributed by atoms with Gasteiger partial charge in [-0.2, -0.15) is 5.26 Å². The van der Waals surface area contributed by atoms with Gasteiger partial charge in [-0.15, -0.1) is 11.6 Å². The van der Waals surface area contributed by atoms with Gasteiger partial charge < -0.3 is 0 Å². The van der Waals surface area contributed by atoms with E-state index in [9.17, 15) is 5.26 Å². The quantitative estimate of drug-likeness (QED) is 0.766. The number of benzene rings is 1. The molecule has 0 fully saturated rings. The van der Waals surface area contributed by atoms with Gasteiger partial charge in [0.05, 0.1) is 11.3 Å². The van der Waals surface area contributed by atoms with Crippen LogP contribution in [-0.2, 0) is 5.88 Å². The molecule has 0 radical (unpaired) electrons. The average Bonchev–Trinajstić information content (AvgIpc) is 2.39. The highest BCUT2D eigenvalue weighted by Gasteiger charge is 2.10. The van der Waals surface area contributed by atoms with E-state index in [0.29, 0.717) is 22.2 Å². The first-order valence-corrected chi connectivity index (χ1v) is 6.29. The predicted octanol–water partition coefficient (Wildman–Crippen LogP) is 4.32. The molecule has 0 N–H and O–H groups in total. The van der Waals surface area contributed by atoms with Gasteiger partial charge in [-0.3, -0.25) is 4.98 Å². The van der Waals surface area contributed by atoms with Gasteiger partial charge in [0.1, 0.15) is 6.07 Å². The third-order valence-corrected chi connectivity index (χ3v) is 3.24. The van der Waals surface area contributed by atoms with Crippen LogP contribution in [0.5, 0.6) is 0 Å². The number of halogens is 2. The monoisotopic (exact) mass is 276 g/mol. The summed E-state index contributed by atoms with van der Waals surface area (Å²) in [6.07, 6.45) is 0. The number of aryl methyl sites for hydroxylation is 1. The van der Waals surface area contributed by atoms with E-state index in [0.717, 1.165) is 16.8 Å². The Morgan fingerprint density at radius 1 is 1.28 bits per heavy atom. The lowest BCUT2D eigenvalue weighted by molar-refractivity contribution is 1.13. The molecule has 0 spiro atoms. The molecule has 2 rings (SSSR count). The number of alkyl halides is 1. The standard InChI is InChI=1S/C14H10Cl2N2/c1-9-11(7-15)6-12(8-17)14(18-9)10-2-4-13(16)5-3-10/h2-6H,7H2,1H3. The molecular formula is C14H10Cl2N2. The van der Waals surface area contributed by atoms with Crippen molar-refractivity contribution in [2.75, 3.05) is 0 Å². The van der Waals surface area contributed by atoms with E-state index in [4.69, 9.17) is 23.2 Å². The highest BCUT2D eigenvalue weighted by molar-refractivity contribution is 6.30. The van der Waals surface area contributed by atoms with Crippen LogP contribution >= 0.6 is 23.2 Å². The molecule has 2 aromatic rings. The van der Waals surface area contributed by atoms with E-state index in [2.05, 4.69) is 11.1 Å². The first-order valence-electron chi connectivity index (χ1n) is 5.38. The third kappa shape index (κ3) is 2.48. The molecule has 0 aliphatic carbocycles. The van der Waals surface area contributed by atoms with Crippen molar-refractivity contribution in [3.63, 3.8) is 0 Å². The molecule has 0 aliphatic rings. The van der Waals surface area contributed by atoms with Crippen molar-refractivity contribution in [3.05, 3.63) is 52.2 Å². The molecule has 0 aliphatic heterocycles. The summed E-state index contributed by atoms with van der Waals surface area (Å²) in [5.74, 6) is 0.356. The second-order valence-corrected chi connectivity index (χ2v) is 4.59. The highest BCUT2D eigenvalue weighted by Crippen LogP contribution is 2.25. The summed E-state index contributed by atoms with van der Waals surface area (Å²) in [6.45, 7) is 1.89. The van der Waals surface area contributed by atoms with E-state index < -0.39 is 0 Å². The van der Waals surface area contributed by atoms with Crippen LogP contribution in [-0.4, -0.2) is 4.98 Å². The van der Waals surface area contributed by atoms with E-state index in [1.807, 2.05) is 19.1 Å². The number of nitriles is 1. The van der Waals surface area contributed by atoms with Crippen molar-refractivity contribution in [2.24, 2.45) is 0 Å². The molecule has 90 valence electrons. The second-order valence-electron chi connectivity index (χ2n) is 3.88. The van der Waals surface area contributed by atoms with Crippen LogP contribution < -0.4 is 0 Å². The van der Waals surface area contributed by atoms with E-state index in [1.54, 1.807) is 18.2 Å². The molecule has 4 heteroatoms. The SMILES string of the molecule is Cc1nc(-c2ccc(Cl)cc2)c(C#N)cc1CCl. The van der Waals surface area contributed by atoms with E-state index >= 15 is 0 Å². The lowest BCUT2D eigenvalue weighted by Gasteiger charge is -2.08. The van der Waals surface area contributed by atoms with Crippen LogP contribution in [0.1, 0.15) is 16.8 Å². The molecule has 1 aromatic carbocycles. The molecule has 0 saturated carbocycles. The Balaban J connectivity index is 2.60. The normalized spacial score (nSPS) is 10.1. The average molecular weight is 277 g/mol. The first-order chi connectivity index (χ1) is 8.65. The topological polar surface area (TPSA) is 36.7 Å². The van der Waals surface area contributed by atoms with Crippen LogP contribution in [0.15, 0.2) is 30.3 Å². The van der Waals surface area contributed by atoms with Gasteiger partial charge in [0, 0.05) is 22.2 Å². The van der Waals surface area contributed by atoms with E-state index in [1.165, 1.54) is 0 Å². The molecule has 0 saturated heterocycles. The summed E-state index contributed by atoms with van der Waals surface area (Å²) in [5, 5.41) is 9.84. The fraction of sp³-hybridized carbons (Fsp3) is 0.143. The van der Waals surface area contributed by atoms with Crippen LogP contribution in [0, 0.1) is 18.3 Å². The van der Waals surface area contributed by atoms with Crippen molar-refractivity contribution in [2.45, 2.75) is 12.8 Å².